The van der Waals surface area contributed by atoms with Crippen LogP contribution in [-0.4, -0.2) is 13.1 Å². The highest BCUT2D eigenvalue weighted by Gasteiger charge is 2.06. The van der Waals surface area contributed by atoms with Crippen LogP contribution in [-0.2, 0) is 16.1 Å². The molecule has 2 rings (SSSR count). The second kappa shape index (κ2) is 7.87. The number of ether oxygens (including phenoxy) is 2. The van der Waals surface area contributed by atoms with Crippen molar-refractivity contribution in [3.8, 4) is 5.75 Å². The van der Waals surface area contributed by atoms with Crippen LogP contribution in [0.1, 0.15) is 11.1 Å². The highest BCUT2D eigenvalue weighted by Crippen LogP contribution is 2.26. The summed E-state index contributed by atoms with van der Waals surface area (Å²) >= 11 is 12.2. The topological polar surface area (TPSA) is 35.5 Å². The van der Waals surface area contributed by atoms with Gasteiger partial charge in [0.05, 0.1) is 7.11 Å². The van der Waals surface area contributed by atoms with Crippen molar-refractivity contribution in [3.05, 3.63) is 69.7 Å². The van der Waals surface area contributed by atoms with Crippen LogP contribution in [0, 0.1) is 0 Å². The van der Waals surface area contributed by atoms with Crippen LogP contribution < -0.4 is 4.74 Å². The molecule has 0 spiro atoms. The average molecular weight is 337 g/mol. The molecular weight excluding hydrogens is 323 g/mol. The first-order chi connectivity index (χ1) is 10.6. The Morgan fingerprint density at radius 2 is 1.73 bits per heavy atom. The maximum atomic E-state index is 11.0. The predicted octanol–water partition coefficient (Wildman–Crippen LogP) is 4.76. The third kappa shape index (κ3) is 4.52. The summed E-state index contributed by atoms with van der Waals surface area (Å²) in [6.07, 6.45) is 3.03. The molecule has 0 fully saturated rings. The third-order valence-electron chi connectivity index (χ3n) is 2.94. The second-order valence-electron chi connectivity index (χ2n) is 4.41. The van der Waals surface area contributed by atoms with E-state index in [-0.39, 0.29) is 6.61 Å². The van der Waals surface area contributed by atoms with Gasteiger partial charge < -0.3 is 9.47 Å². The van der Waals surface area contributed by atoms with Gasteiger partial charge in [-0.25, -0.2) is 4.79 Å². The minimum absolute atomic E-state index is 0.288. The van der Waals surface area contributed by atoms with Crippen molar-refractivity contribution in [2.45, 2.75) is 6.61 Å². The van der Waals surface area contributed by atoms with E-state index in [9.17, 15) is 4.79 Å². The Hall–Kier alpha value is -1.97. The zero-order chi connectivity index (χ0) is 15.9. The number of carbonyl (C=O) groups is 1. The van der Waals surface area contributed by atoms with E-state index >= 15 is 0 Å². The predicted molar refractivity (Wildman–Crippen MR) is 88.3 cm³/mol. The van der Waals surface area contributed by atoms with Gasteiger partial charge in [0.1, 0.15) is 12.4 Å². The molecule has 0 amide bonds. The molecule has 2 aromatic rings. The molecule has 3 nitrogen and oxygen atoms in total. The van der Waals surface area contributed by atoms with Gasteiger partial charge in [0.2, 0.25) is 0 Å². The summed E-state index contributed by atoms with van der Waals surface area (Å²) in [6.45, 7) is 0.288. The summed E-state index contributed by atoms with van der Waals surface area (Å²) < 4.78 is 10.2. The molecule has 0 aliphatic carbocycles. The monoisotopic (exact) mass is 336 g/mol. The van der Waals surface area contributed by atoms with Crippen LogP contribution in [0.15, 0.2) is 48.5 Å². The minimum Gasteiger partial charge on any atom is -0.489 e. The quantitative estimate of drug-likeness (QED) is 0.583. The van der Waals surface area contributed by atoms with E-state index in [0.717, 1.165) is 11.1 Å². The number of carbonyl (C=O) groups excluding carboxylic acids is 1. The van der Waals surface area contributed by atoms with E-state index in [4.69, 9.17) is 27.9 Å². The van der Waals surface area contributed by atoms with Crippen molar-refractivity contribution in [2.75, 3.05) is 7.11 Å². The molecule has 0 bridgehead atoms. The van der Waals surface area contributed by atoms with Crippen molar-refractivity contribution in [2.24, 2.45) is 0 Å². The van der Waals surface area contributed by atoms with Gasteiger partial charge in [-0.15, -0.1) is 0 Å². The van der Waals surface area contributed by atoms with Crippen LogP contribution in [0.3, 0.4) is 0 Å². The van der Waals surface area contributed by atoms with Crippen LogP contribution in [0.2, 0.25) is 10.0 Å². The molecule has 5 heteroatoms. The van der Waals surface area contributed by atoms with Gasteiger partial charge in [-0.1, -0.05) is 41.4 Å². The molecule has 0 heterocycles. The molecule has 22 heavy (non-hydrogen) atoms. The van der Waals surface area contributed by atoms with E-state index in [1.54, 1.807) is 24.3 Å². The number of esters is 1. The Labute approximate surface area is 139 Å². The Morgan fingerprint density at radius 3 is 2.32 bits per heavy atom. The van der Waals surface area contributed by atoms with E-state index in [0.29, 0.717) is 15.8 Å². The molecule has 114 valence electrons. The number of hydrogen-bond donors (Lipinski definition) is 0. The Bertz CT molecular complexity index is 659. The van der Waals surface area contributed by atoms with Crippen molar-refractivity contribution in [1.29, 1.82) is 0 Å². The smallest absolute Gasteiger partial charge is 0.330 e. The lowest BCUT2D eigenvalue weighted by atomic mass is 10.2. The molecule has 0 saturated carbocycles. The number of halogens is 2. The highest BCUT2D eigenvalue weighted by molar-refractivity contribution is 6.35. The zero-order valence-corrected chi connectivity index (χ0v) is 13.4. The van der Waals surface area contributed by atoms with Crippen LogP contribution in [0.25, 0.3) is 6.08 Å². The standard InChI is InChI=1S/C17H14Cl2O3/c1-21-17(20)10-7-12-5-8-13(9-6-12)22-11-14-15(18)3-2-4-16(14)19/h2-10H,11H2,1H3/b10-7+. The summed E-state index contributed by atoms with van der Waals surface area (Å²) in [5.74, 6) is 0.292. The number of benzene rings is 2. The first-order valence-corrected chi connectivity index (χ1v) is 7.27. The SMILES string of the molecule is COC(=O)/C=C/c1ccc(OCc2c(Cl)cccc2Cl)cc1. The molecule has 0 unspecified atom stereocenters. The van der Waals surface area contributed by atoms with Gasteiger partial charge in [0.15, 0.2) is 0 Å². The lowest BCUT2D eigenvalue weighted by molar-refractivity contribution is -0.134. The van der Waals surface area contributed by atoms with Gasteiger partial charge in [0, 0.05) is 21.7 Å². The number of methoxy groups -OCH3 is 1. The maximum Gasteiger partial charge on any atom is 0.330 e. The van der Waals surface area contributed by atoms with Crippen LogP contribution in [0.4, 0.5) is 0 Å². The van der Waals surface area contributed by atoms with E-state index < -0.39 is 5.97 Å². The molecular formula is C17H14Cl2O3. The van der Waals surface area contributed by atoms with Crippen LogP contribution >= 0.6 is 23.2 Å². The molecule has 0 radical (unpaired) electrons. The largest absolute Gasteiger partial charge is 0.489 e. The Balaban J connectivity index is 2.00. The van der Waals surface area contributed by atoms with Crippen molar-refractivity contribution in [1.82, 2.24) is 0 Å². The first kappa shape index (κ1) is 16.4. The molecule has 0 saturated heterocycles. The summed E-state index contributed by atoms with van der Waals surface area (Å²) in [5, 5.41) is 1.15. The van der Waals surface area contributed by atoms with Gasteiger partial charge in [-0.05, 0) is 35.9 Å². The zero-order valence-electron chi connectivity index (χ0n) is 11.9. The van der Waals surface area contributed by atoms with Gasteiger partial charge in [0.25, 0.3) is 0 Å². The lowest BCUT2D eigenvalue weighted by Crippen LogP contribution is -1.97. The lowest BCUT2D eigenvalue weighted by Gasteiger charge is -2.09. The first-order valence-electron chi connectivity index (χ1n) is 6.52. The summed E-state index contributed by atoms with van der Waals surface area (Å²) in [4.78, 5) is 11.0. The highest BCUT2D eigenvalue weighted by atomic mass is 35.5. The third-order valence-corrected chi connectivity index (χ3v) is 3.65. The van der Waals surface area contributed by atoms with Crippen molar-refractivity contribution in [3.63, 3.8) is 0 Å². The maximum absolute atomic E-state index is 11.0. The van der Waals surface area contributed by atoms with Crippen molar-refractivity contribution < 1.29 is 14.3 Å². The molecule has 0 aromatic heterocycles. The summed E-state index contributed by atoms with van der Waals surface area (Å²) in [7, 11) is 1.34. The molecule has 0 aliphatic heterocycles. The van der Waals surface area contributed by atoms with Crippen molar-refractivity contribution >= 4 is 35.2 Å². The van der Waals surface area contributed by atoms with Gasteiger partial charge in [-0.3, -0.25) is 0 Å². The van der Waals surface area contributed by atoms with Gasteiger partial charge in [-0.2, -0.15) is 0 Å². The van der Waals surface area contributed by atoms with Gasteiger partial charge >= 0.3 is 5.97 Å². The molecule has 0 atom stereocenters. The second-order valence-corrected chi connectivity index (χ2v) is 5.23. The minimum atomic E-state index is -0.395. The van der Waals surface area contributed by atoms with E-state index in [1.165, 1.54) is 13.2 Å². The summed E-state index contributed by atoms with van der Waals surface area (Å²) in [6, 6.07) is 12.6. The molecule has 0 N–H and O–H groups in total. The normalized spacial score (nSPS) is 10.7. The molecule has 2 aromatic carbocycles. The fraction of sp³-hybridized carbons (Fsp3) is 0.118. The number of hydrogen-bond acceptors (Lipinski definition) is 3. The van der Waals surface area contributed by atoms with E-state index in [2.05, 4.69) is 4.74 Å². The summed E-state index contributed by atoms with van der Waals surface area (Å²) in [5.41, 5.74) is 1.62. The number of rotatable bonds is 5. The fourth-order valence-corrected chi connectivity index (χ4v) is 2.24. The Kier molecular flexibility index (Phi) is 5.87. The average Bonchev–Trinajstić information content (AvgIpc) is 2.53. The Morgan fingerprint density at radius 1 is 1.09 bits per heavy atom. The molecule has 0 aliphatic rings. The van der Waals surface area contributed by atoms with Crippen LogP contribution in [0.5, 0.6) is 5.75 Å². The fourth-order valence-electron chi connectivity index (χ4n) is 1.73. The van der Waals surface area contributed by atoms with E-state index in [1.807, 2.05) is 24.3 Å².